The monoisotopic (exact) mass is 273 g/mol. The lowest BCUT2D eigenvalue weighted by atomic mass is 10.3. The van der Waals surface area contributed by atoms with Gasteiger partial charge in [0, 0.05) is 4.92 Å². The van der Waals surface area contributed by atoms with Crippen LogP contribution in [-0.2, 0) is 4.74 Å². The Morgan fingerprint density at radius 1 is 1.11 bits per heavy atom. The predicted octanol–water partition coefficient (Wildman–Crippen LogP) is 3.78. The summed E-state index contributed by atoms with van der Waals surface area (Å²) in [6, 6.07) is 8.74. The summed E-state index contributed by atoms with van der Waals surface area (Å²) in [6.07, 6.45) is -0.698. The van der Waals surface area contributed by atoms with Gasteiger partial charge in [0.05, 0.1) is 7.11 Å². The van der Waals surface area contributed by atoms with Gasteiger partial charge >= 0.3 is 6.16 Å². The minimum atomic E-state index is -0.698. The fourth-order valence-electron chi connectivity index (χ4n) is 0.626. The molecule has 0 aliphatic heterocycles. The second kappa shape index (κ2) is 18.3. The van der Waals surface area contributed by atoms with E-state index in [1.807, 2.05) is 33.8 Å². The maximum atomic E-state index is 10.5. The minimum Gasteiger partial charge on any atom is -0.437 e. The van der Waals surface area contributed by atoms with Gasteiger partial charge in [0.1, 0.15) is 5.75 Å². The Bertz CT molecular complexity index is 310. The number of carbonyl (C=O) groups excluding carboxylic acids is 1. The van der Waals surface area contributed by atoms with Crippen LogP contribution in [0.25, 0.3) is 0 Å². The van der Waals surface area contributed by atoms with E-state index in [0.717, 1.165) is 7.05 Å². The Kier molecular flexibility index (Phi) is 21.2. The zero-order chi connectivity index (χ0) is 15.7. The van der Waals surface area contributed by atoms with Gasteiger partial charge in [-0.3, -0.25) is 10.1 Å². The van der Waals surface area contributed by atoms with E-state index in [1.54, 1.807) is 24.3 Å². The van der Waals surface area contributed by atoms with E-state index in [2.05, 4.69) is 4.74 Å². The molecule has 0 aliphatic carbocycles. The molecule has 0 aromatic heterocycles. The van der Waals surface area contributed by atoms with E-state index in [9.17, 15) is 4.79 Å². The van der Waals surface area contributed by atoms with Crippen LogP contribution in [0.3, 0.4) is 0 Å². The summed E-state index contributed by atoms with van der Waals surface area (Å²) < 4.78 is 9.00. The highest BCUT2D eigenvalue weighted by atomic mass is 16.7. The highest BCUT2D eigenvalue weighted by molar-refractivity contribution is 5.63. The molecule has 19 heavy (non-hydrogen) atoms. The van der Waals surface area contributed by atoms with E-state index in [1.165, 1.54) is 7.11 Å². The van der Waals surface area contributed by atoms with E-state index in [4.69, 9.17) is 14.9 Å². The molecule has 0 saturated carbocycles. The van der Waals surface area contributed by atoms with Crippen LogP contribution < -0.4 is 4.74 Å². The van der Waals surface area contributed by atoms with Crippen LogP contribution in [0.1, 0.15) is 27.7 Å². The van der Waals surface area contributed by atoms with Crippen molar-refractivity contribution in [2.75, 3.05) is 14.2 Å². The third kappa shape index (κ3) is 21.7. The molecule has 0 aliphatic rings. The van der Waals surface area contributed by atoms with Gasteiger partial charge in [0.15, 0.2) is 7.05 Å². The molecule has 1 aromatic rings. The summed E-state index contributed by atoms with van der Waals surface area (Å²) in [5.74, 6) is 0.486. The number of nitrogens with zero attached hydrogens (tertiary/aromatic N) is 1. The number of hydrogen-bond donors (Lipinski definition) is 0. The molecule has 0 amide bonds. The van der Waals surface area contributed by atoms with Crippen molar-refractivity contribution >= 4 is 6.16 Å². The molecule has 0 radical (unpaired) electrons. The molecule has 0 fully saturated rings. The molecule has 0 atom stereocenters. The van der Waals surface area contributed by atoms with Crippen molar-refractivity contribution in [2.24, 2.45) is 0 Å². The van der Waals surface area contributed by atoms with Gasteiger partial charge in [-0.25, -0.2) is 4.79 Å². The zero-order valence-corrected chi connectivity index (χ0v) is 12.4. The highest BCUT2D eigenvalue weighted by Crippen LogP contribution is 2.08. The first-order valence-electron chi connectivity index (χ1n) is 5.95. The molecule has 1 rings (SSSR count). The van der Waals surface area contributed by atoms with Gasteiger partial charge < -0.3 is 9.47 Å². The number of carbonyl (C=O) groups is 1. The molecule has 110 valence electrons. The molecule has 0 N–H and O–H groups in total. The first-order chi connectivity index (χ1) is 9.06. The minimum absolute atomic E-state index is 0.486. The third-order valence-corrected chi connectivity index (χ3v) is 1.11. The van der Waals surface area contributed by atoms with E-state index in [-0.39, 0.29) is 0 Å². The van der Waals surface area contributed by atoms with E-state index < -0.39 is 11.1 Å². The third-order valence-electron chi connectivity index (χ3n) is 1.11. The summed E-state index contributed by atoms with van der Waals surface area (Å²) in [5.41, 5.74) is 0. The predicted molar refractivity (Wildman–Crippen MR) is 75.1 cm³/mol. The van der Waals surface area contributed by atoms with Crippen molar-refractivity contribution in [3.63, 3.8) is 0 Å². The summed E-state index contributed by atoms with van der Waals surface area (Å²) in [7, 11) is 2.16. The van der Waals surface area contributed by atoms with Gasteiger partial charge in [-0.2, -0.15) is 0 Å². The molecule has 6 heteroatoms. The Morgan fingerprint density at radius 2 is 1.47 bits per heavy atom. The summed E-state index contributed by atoms with van der Waals surface area (Å²) in [5, 5.41) is 8.81. The van der Waals surface area contributed by atoms with Crippen LogP contribution in [0.15, 0.2) is 30.3 Å². The van der Waals surface area contributed by atoms with Crippen molar-refractivity contribution < 1.29 is 19.2 Å². The fourth-order valence-corrected chi connectivity index (χ4v) is 0.626. The largest absolute Gasteiger partial charge is 0.513 e. The summed E-state index contributed by atoms with van der Waals surface area (Å²) in [4.78, 5) is 18.8. The van der Waals surface area contributed by atoms with Crippen LogP contribution in [0.5, 0.6) is 5.75 Å². The quantitative estimate of drug-likeness (QED) is 0.337. The molecule has 6 nitrogen and oxygen atoms in total. The molecule has 0 saturated heterocycles. The number of methoxy groups -OCH3 is 1. The number of hydrogen-bond acceptors (Lipinski definition) is 5. The summed E-state index contributed by atoms with van der Waals surface area (Å²) >= 11 is 0. The molecule has 0 heterocycles. The highest BCUT2D eigenvalue weighted by Gasteiger charge is 2.00. The van der Waals surface area contributed by atoms with Crippen molar-refractivity contribution in [3.05, 3.63) is 40.4 Å². The maximum Gasteiger partial charge on any atom is 0.513 e. The fraction of sp³-hybridized carbons (Fsp3) is 0.462. The Balaban J connectivity index is -0.000000271. The van der Waals surface area contributed by atoms with Crippen LogP contribution in [-0.4, -0.2) is 25.2 Å². The number of ether oxygens (including phenoxy) is 2. The smallest absolute Gasteiger partial charge is 0.437 e. The van der Waals surface area contributed by atoms with Crippen molar-refractivity contribution in [1.82, 2.24) is 0 Å². The number of para-hydroxylation sites is 1. The lowest BCUT2D eigenvalue weighted by Crippen LogP contribution is -2.06. The Morgan fingerprint density at radius 3 is 1.79 bits per heavy atom. The van der Waals surface area contributed by atoms with Crippen LogP contribution in [0, 0.1) is 10.1 Å². The first kappa shape index (κ1) is 22.1. The van der Waals surface area contributed by atoms with Gasteiger partial charge in [0.2, 0.25) is 0 Å². The summed E-state index contributed by atoms with van der Waals surface area (Å²) in [6.45, 7) is 8.00. The van der Waals surface area contributed by atoms with E-state index in [0.29, 0.717) is 5.75 Å². The Labute approximate surface area is 114 Å². The first-order valence-corrected chi connectivity index (χ1v) is 5.95. The number of benzene rings is 1. The standard InChI is InChI=1S/C8H8O3.2C2H6.CH3NO2/c1-10-8(9)11-7-5-3-2-4-6-7;2*1-2;1-2(3)4/h2-6H,1H3;2*1-2H3;1H3. The molecule has 1 aromatic carbocycles. The SMILES string of the molecule is CC.CC.COC(=O)Oc1ccccc1.C[N+](=O)[O-]. The van der Waals surface area contributed by atoms with Crippen LogP contribution in [0.2, 0.25) is 0 Å². The Hall–Kier alpha value is -2.11. The maximum absolute atomic E-state index is 10.5. The number of nitro groups is 1. The molecular formula is C13H23NO5. The van der Waals surface area contributed by atoms with Crippen molar-refractivity contribution in [3.8, 4) is 5.75 Å². The molecule has 0 bridgehead atoms. The lowest BCUT2D eigenvalue weighted by Gasteiger charge is -1.99. The van der Waals surface area contributed by atoms with Crippen LogP contribution >= 0.6 is 0 Å². The van der Waals surface area contributed by atoms with Gasteiger partial charge in [0.25, 0.3) is 0 Å². The second-order valence-electron chi connectivity index (χ2n) is 2.31. The average Bonchev–Trinajstić information content (AvgIpc) is 2.43. The topological polar surface area (TPSA) is 78.7 Å². The van der Waals surface area contributed by atoms with Crippen LogP contribution in [0.4, 0.5) is 4.79 Å². The van der Waals surface area contributed by atoms with Crippen molar-refractivity contribution in [2.45, 2.75) is 27.7 Å². The lowest BCUT2D eigenvalue weighted by molar-refractivity contribution is -0.445. The molecule has 0 spiro atoms. The molecular weight excluding hydrogens is 250 g/mol. The zero-order valence-electron chi connectivity index (χ0n) is 12.4. The average molecular weight is 273 g/mol. The van der Waals surface area contributed by atoms with E-state index >= 15 is 0 Å². The second-order valence-corrected chi connectivity index (χ2v) is 2.31. The van der Waals surface area contributed by atoms with Crippen molar-refractivity contribution in [1.29, 1.82) is 0 Å². The number of rotatable bonds is 1. The van der Waals surface area contributed by atoms with Gasteiger partial charge in [-0.05, 0) is 12.1 Å². The normalized spacial score (nSPS) is 7.05. The van der Waals surface area contributed by atoms with Gasteiger partial charge in [-0.15, -0.1) is 0 Å². The van der Waals surface area contributed by atoms with Gasteiger partial charge in [-0.1, -0.05) is 45.9 Å². The molecule has 0 unspecified atom stereocenters.